The second kappa shape index (κ2) is 7.72. The Bertz CT molecular complexity index is 925. The molecular formula is C21H28N2O5S. The summed E-state index contributed by atoms with van der Waals surface area (Å²) in [6, 6.07) is 4.25. The molecule has 2 fully saturated rings. The Labute approximate surface area is 172 Å². The van der Waals surface area contributed by atoms with Crippen molar-refractivity contribution in [3.8, 4) is 0 Å². The van der Waals surface area contributed by atoms with E-state index in [0.717, 1.165) is 36.9 Å². The molecule has 0 radical (unpaired) electrons. The summed E-state index contributed by atoms with van der Waals surface area (Å²) in [5, 5.41) is 0. The molecular weight excluding hydrogens is 392 g/mol. The minimum absolute atomic E-state index is 0.0262. The molecule has 7 nitrogen and oxygen atoms in total. The fraction of sp³-hybridized carbons (Fsp3) is 0.619. The first kappa shape index (κ1) is 20.3. The molecule has 1 saturated heterocycles. The monoisotopic (exact) mass is 420 g/mol. The van der Waals surface area contributed by atoms with Crippen LogP contribution in [0.25, 0.3) is 0 Å². The van der Waals surface area contributed by atoms with Crippen molar-refractivity contribution >= 4 is 27.6 Å². The molecule has 1 aliphatic carbocycles. The van der Waals surface area contributed by atoms with E-state index in [1.54, 1.807) is 25.1 Å². The Kier molecular flexibility index (Phi) is 5.42. The van der Waals surface area contributed by atoms with Crippen LogP contribution in [-0.2, 0) is 30.8 Å². The van der Waals surface area contributed by atoms with Gasteiger partial charge in [-0.1, -0.05) is 0 Å². The van der Waals surface area contributed by atoms with E-state index in [1.807, 2.05) is 11.8 Å². The summed E-state index contributed by atoms with van der Waals surface area (Å²) < 4.78 is 33.1. The van der Waals surface area contributed by atoms with E-state index in [-0.39, 0.29) is 29.4 Å². The van der Waals surface area contributed by atoms with Crippen molar-refractivity contribution in [2.45, 2.75) is 69.4 Å². The van der Waals surface area contributed by atoms with Crippen molar-refractivity contribution in [1.29, 1.82) is 0 Å². The Hall–Kier alpha value is -1.93. The molecule has 1 amide bonds. The largest absolute Gasteiger partial charge is 0.465 e. The number of piperidine rings is 1. The highest BCUT2D eigenvalue weighted by Gasteiger charge is 2.41. The van der Waals surface area contributed by atoms with Gasteiger partial charge in [-0.2, -0.15) is 4.31 Å². The maximum Gasteiger partial charge on any atom is 0.324 e. The molecule has 0 aromatic heterocycles. The number of carbonyl (C=O) groups excluding carboxylic acids is 2. The third kappa shape index (κ3) is 3.68. The second-order valence-corrected chi connectivity index (χ2v) is 10.1. The average Bonchev–Trinajstić information content (AvgIpc) is 3.49. The molecule has 1 saturated carbocycles. The van der Waals surface area contributed by atoms with Crippen molar-refractivity contribution in [3.63, 3.8) is 0 Å². The van der Waals surface area contributed by atoms with Crippen molar-refractivity contribution in [1.82, 2.24) is 4.31 Å². The Morgan fingerprint density at radius 2 is 1.93 bits per heavy atom. The van der Waals surface area contributed by atoms with Gasteiger partial charge in [0.15, 0.2) is 0 Å². The van der Waals surface area contributed by atoms with Gasteiger partial charge in [-0.25, -0.2) is 8.42 Å². The van der Waals surface area contributed by atoms with E-state index in [4.69, 9.17) is 4.74 Å². The number of rotatable bonds is 5. The number of anilines is 1. The van der Waals surface area contributed by atoms with Crippen LogP contribution >= 0.6 is 0 Å². The van der Waals surface area contributed by atoms with E-state index in [1.165, 1.54) is 4.31 Å². The number of hydrogen-bond donors (Lipinski definition) is 0. The summed E-state index contributed by atoms with van der Waals surface area (Å²) in [6.45, 7) is 4.25. The first-order chi connectivity index (χ1) is 13.8. The summed E-state index contributed by atoms with van der Waals surface area (Å²) in [5.41, 5.74) is 1.69. The molecule has 0 spiro atoms. The first-order valence-corrected chi connectivity index (χ1v) is 11.9. The minimum Gasteiger partial charge on any atom is -0.465 e. The molecule has 2 unspecified atom stereocenters. The lowest BCUT2D eigenvalue weighted by atomic mass is 10.1. The highest BCUT2D eigenvalue weighted by Crippen LogP contribution is 2.40. The van der Waals surface area contributed by atoms with E-state index >= 15 is 0 Å². The number of ether oxygens (including phenoxy) is 1. The van der Waals surface area contributed by atoms with Gasteiger partial charge in [0.05, 0.1) is 11.5 Å². The van der Waals surface area contributed by atoms with Gasteiger partial charge >= 0.3 is 5.97 Å². The number of esters is 1. The quantitative estimate of drug-likeness (QED) is 0.684. The number of sulfonamides is 1. The zero-order chi connectivity index (χ0) is 20.8. The standard InChI is InChI=1S/C21H28N2O5S/c1-3-28-21(25)19-6-4-5-11-22(19)29(26,27)17-9-10-18-16(13-17)12-14(2)23(18)20(24)15-7-8-15/h9-10,13-15,19H,3-8,11-12H2,1-2H3. The molecule has 4 rings (SSSR count). The first-order valence-electron chi connectivity index (χ1n) is 10.5. The summed E-state index contributed by atoms with van der Waals surface area (Å²) in [5.74, 6) is -0.220. The lowest BCUT2D eigenvalue weighted by Gasteiger charge is -2.33. The topological polar surface area (TPSA) is 84.0 Å². The van der Waals surface area contributed by atoms with Crippen LogP contribution in [-0.4, -0.2) is 49.8 Å². The van der Waals surface area contributed by atoms with Gasteiger partial charge in [0.1, 0.15) is 6.04 Å². The van der Waals surface area contributed by atoms with Crippen molar-refractivity contribution in [2.75, 3.05) is 18.1 Å². The summed E-state index contributed by atoms with van der Waals surface area (Å²) in [6.07, 6.45) is 4.51. The molecule has 0 bridgehead atoms. The van der Waals surface area contributed by atoms with Gasteiger partial charge in [0.25, 0.3) is 0 Å². The van der Waals surface area contributed by atoms with Gasteiger partial charge in [0.2, 0.25) is 15.9 Å². The lowest BCUT2D eigenvalue weighted by Crippen LogP contribution is -2.48. The highest BCUT2D eigenvalue weighted by atomic mass is 32.2. The zero-order valence-corrected chi connectivity index (χ0v) is 17.8. The van der Waals surface area contributed by atoms with E-state index in [2.05, 4.69) is 0 Å². The van der Waals surface area contributed by atoms with Gasteiger partial charge in [0, 0.05) is 24.2 Å². The molecule has 2 aliphatic heterocycles. The van der Waals surface area contributed by atoms with Gasteiger partial charge < -0.3 is 9.64 Å². The fourth-order valence-electron chi connectivity index (χ4n) is 4.43. The van der Waals surface area contributed by atoms with Crippen molar-refractivity contribution in [3.05, 3.63) is 23.8 Å². The number of hydrogen-bond acceptors (Lipinski definition) is 5. The number of carbonyl (C=O) groups is 2. The van der Waals surface area contributed by atoms with Crippen LogP contribution in [0.5, 0.6) is 0 Å². The Balaban J connectivity index is 1.63. The maximum atomic E-state index is 13.4. The molecule has 0 N–H and O–H groups in total. The molecule has 3 aliphatic rings. The maximum absolute atomic E-state index is 13.4. The SMILES string of the molecule is CCOC(=O)C1CCCCN1S(=O)(=O)c1ccc2c(c1)CC(C)N2C(=O)C1CC1. The van der Waals surface area contributed by atoms with Crippen molar-refractivity contribution in [2.24, 2.45) is 5.92 Å². The number of benzene rings is 1. The van der Waals surface area contributed by atoms with Crippen LogP contribution in [0.3, 0.4) is 0 Å². The van der Waals surface area contributed by atoms with Gasteiger partial charge in [-0.05, 0) is 76.1 Å². The average molecular weight is 421 g/mol. The van der Waals surface area contributed by atoms with Gasteiger partial charge in [-0.15, -0.1) is 0 Å². The molecule has 1 aromatic rings. The lowest BCUT2D eigenvalue weighted by molar-refractivity contribution is -0.148. The zero-order valence-electron chi connectivity index (χ0n) is 17.0. The van der Waals surface area contributed by atoms with E-state index < -0.39 is 22.0 Å². The predicted molar refractivity (Wildman–Crippen MR) is 108 cm³/mol. The predicted octanol–water partition coefficient (Wildman–Crippen LogP) is 2.48. The van der Waals surface area contributed by atoms with Crippen LogP contribution in [0, 0.1) is 5.92 Å². The highest BCUT2D eigenvalue weighted by molar-refractivity contribution is 7.89. The minimum atomic E-state index is -3.83. The molecule has 8 heteroatoms. The molecule has 158 valence electrons. The third-order valence-corrected chi connectivity index (χ3v) is 7.95. The third-order valence-electron chi connectivity index (χ3n) is 6.05. The van der Waals surface area contributed by atoms with Crippen LogP contribution in [0.2, 0.25) is 0 Å². The fourth-order valence-corrected chi connectivity index (χ4v) is 6.13. The normalized spacial score (nSPS) is 25.0. The van der Waals surface area contributed by atoms with E-state index in [0.29, 0.717) is 19.4 Å². The number of fused-ring (bicyclic) bond motifs is 1. The number of amides is 1. The summed E-state index contributed by atoms with van der Waals surface area (Å²) >= 11 is 0. The van der Waals surface area contributed by atoms with Crippen LogP contribution in [0.4, 0.5) is 5.69 Å². The van der Waals surface area contributed by atoms with Crippen molar-refractivity contribution < 1.29 is 22.7 Å². The van der Waals surface area contributed by atoms with Crippen LogP contribution in [0.1, 0.15) is 51.5 Å². The Morgan fingerprint density at radius 3 is 2.62 bits per heavy atom. The van der Waals surface area contributed by atoms with Crippen LogP contribution < -0.4 is 4.90 Å². The molecule has 29 heavy (non-hydrogen) atoms. The molecule has 2 heterocycles. The summed E-state index contributed by atoms with van der Waals surface area (Å²) in [7, 11) is -3.83. The molecule has 2 atom stereocenters. The van der Waals surface area contributed by atoms with Gasteiger partial charge in [-0.3, -0.25) is 9.59 Å². The van der Waals surface area contributed by atoms with Crippen LogP contribution in [0.15, 0.2) is 23.1 Å². The summed E-state index contributed by atoms with van der Waals surface area (Å²) in [4.78, 5) is 27.0. The second-order valence-electron chi connectivity index (χ2n) is 8.21. The molecule has 1 aromatic carbocycles. The van der Waals surface area contributed by atoms with E-state index in [9.17, 15) is 18.0 Å². The Morgan fingerprint density at radius 1 is 1.17 bits per heavy atom. The number of nitrogens with zero attached hydrogens (tertiary/aromatic N) is 2. The smallest absolute Gasteiger partial charge is 0.324 e.